The van der Waals surface area contributed by atoms with Crippen molar-refractivity contribution >= 4 is 6.03 Å². The molecular weight excluding hydrogens is 349 g/mol. The van der Waals surface area contributed by atoms with Gasteiger partial charge in [-0.25, -0.2) is 9.18 Å². The summed E-state index contributed by atoms with van der Waals surface area (Å²) in [4.78, 5) is 20.3. The summed E-state index contributed by atoms with van der Waals surface area (Å²) in [6.07, 6.45) is 7.59. The molecular formula is C19H23FN5O2+. The van der Waals surface area contributed by atoms with Crippen LogP contribution < -0.4 is 4.68 Å². The lowest BCUT2D eigenvalue weighted by atomic mass is 10.1. The molecule has 27 heavy (non-hydrogen) atoms. The number of carbonyl (C=O) groups is 1. The fraction of sp³-hybridized carbons (Fsp3) is 0.316. The predicted octanol–water partition coefficient (Wildman–Crippen LogP) is 2.31. The molecule has 3 rings (SSSR count). The lowest BCUT2D eigenvalue weighted by Gasteiger charge is -2.29. The smallest absolute Gasteiger partial charge is 0.320 e. The number of rotatable bonds is 6. The Morgan fingerprint density at radius 1 is 1.56 bits per heavy atom. The van der Waals surface area contributed by atoms with E-state index in [4.69, 9.17) is 0 Å². The quantitative estimate of drug-likeness (QED) is 0.604. The Hall–Kier alpha value is -3.16. The molecule has 0 radical (unpaired) electrons. The van der Waals surface area contributed by atoms with Crippen LogP contribution >= 0.6 is 0 Å². The van der Waals surface area contributed by atoms with Gasteiger partial charge in [0.1, 0.15) is 12.3 Å². The SMILES string of the molecule is CN(CC[n+]1cnc[nH]1)C(=O)N1CC(C/C=C/F)=CC1c1cccc(O)c1. The Kier molecular flexibility index (Phi) is 5.85. The van der Waals surface area contributed by atoms with Crippen LogP contribution in [-0.4, -0.2) is 51.2 Å². The van der Waals surface area contributed by atoms with E-state index in [1.165, 1.54) is 6.08 Å². The van der Waals surface area contributed by atoms with E-state index in [0.29, 0.717) is 32.4 Å². The zero-order chi connectivity index (χ0) is 19.2. The van der Waals surface area contributed by atoms with Gasteiger partial charge < -0.3 is 14.9 Å². The maximum Gasteiger partial charge on any atom is 0.320 e. The van der Waals surface area contributed by atoms with E-state index in [1.807, 2.05) is 12.1 Å². The number of phenols is 1. The molecule has 2 N–H and O–H groups in total. The zero-order valence-corrected chi connectivity index (χ0v) is 15.1. The van der Waals surface area contributed by atoms with E-state index in [1.54, 1.807) is 52.4 Å². The number of halogens is 1. The van der Waals surface area contributed by atoms with Gasteiger partial charge in [0.15, 0.2) is 0 Å². The minimum atomic E-state index is -0.296. The third-order valence-corrected chi connectivity index (χ3v) is 4.54. The number of aromatic hydroxyl groups is 1. The minimum Gasteiger partial charge on any atom is -0.508 e. The van der Waals surface area contributed by atoms with Crippen molar-refractivity contribution in [3.8, 4) is 5.75 Å². The summed E-state index contributed by atoms with van der Waals surface area (Å²) in [6.45, 7) is 1.53. The molecule has 8 heteroatoms. The fourth-order valence-electron chi connectivity index (χ4n) is 3.13. The third kappa shape index (κ3) is 4.52. The Labute approximate surface area is 157 Å². The van der Waals surface area contributed by atoms with Gasteiger partial charge in [-0.1, -0.05) is 24.3 Å². The zero-order valence-electron chi connectivity index (χ0n) is 15.1. The highest BCUT2D eigenvalue weighted by molar-refractivity contribution is 5.76. The van der Waals surface area contributed by atoms with Gasteiger partial charge in [-0.2, -0.15) is 9.78 Å². The number of hydrogen-bond acceptors (Lipinski definition) is 3. The van der Waals surface area contributed by atoms with Gasteiger partial charge in [-0.05, 0) is 34.7 Å². The highest BCUT2D eigenvalue weighted by Crippen LogP contribution is 2.33. The normalized spacial score (nSPS) is 16.7. The number of aromatic amines is 1. The summed E-state index contributed by atoms with van der Waals surface area (Å²) in [5.41, 5.74) is 1.78. The number of nitrogens with zero attached hydrogens (tertiary/aromatic N) is 4. The average Bonchev–Trinajstić information content (AvgIpc) is 3.33. The number of nitrogens with one attached hydrogen (secondary N) is 1. The molecule has 2 heterocycles. The van der Waals surface area contributed by atoms with Gasteiger partial charge in [-0.3, -0.25) is 0 Å². The van der Waals surface area contributed by atoms with Gasteiger partial charge in [0.05, 0.1) is 18.9 Å². The number of phenolic OH excluding ortho intramolecular Hbond substituents is 1. The highest BCUT2D eigenvalue weighted by Gasteiger charge is 2.31. The molecule has 1 aromatic carbocycles. The van der Waals surface area contributed by atoms with E-state index in [9.17, 15) is 14.3 Å². The van der Waals surface area contributed by atoms with Crippen molar-refractivity contribution in [3.63, 3.8) is 0 Å². The van der Waals surface area contributed by atoms with Crippen LogP contribution in [0, 0.1) is 0 Å². The van der Waals surface area contributed by atoms with Gasteiger partial charge in [0, 0.05) is 13.6 Å². The number of hydrogen-bond donors (Lipinski definition) is 2. The van der Waals surface area contributed by atoms with E-state index in [-0.39, 0.29) is 17.8 Å². The predicted molar refractivity (Wildman–Crippen MR) is 97.3 cm³/mol. The van der Waals surface area contributed by atoms with E-state index in [0.717, 1.165) is 11.1 Å². The van der Waals surface area contributed by atoms with Crippen LogP contribution in [0.15, 0.2) is 61.0 Å². The molecule has 1 aromatic heterocycles. The van der Waals surface area contributed by atoms with Crippen LogP contribution in [0.3, 0.4) is 0 Å². The molecule has 1 aliphatic heterocycles. The van der Waals surface area contributed by atoms with E-state index in [2.05, 4.69) is 10.1 Å². The van der Waals surface area contributed by atoms with Gasteiger partial charge in [0.25, 0.3) is 0 Å². The number of aromatic nitrogens is 3. The Morgan fingerprint density at radius 3 is 3.11 bits per heavy atom. The average molecular weight is 372 g/mol. The number of H-pyrrole nitrogens is 1. The molecule has 0 fully saturated rings. The summed E-state index contributed by atoms with van der Waals surface area (Å²) in [6, 6.07) is 6.44. The first-order valence-corrected chi connectivity index (χ1v) is 8.71. The fourth-order valence-corrected chi connectivity index (χ4v) is 3.13. The molecule has 7 nitrogen and oxygen atoms in total. The lowest BCUT2D eigenvalue weighted by Crippen LogP contribution is -2.46. The molecule has 2 aromatic rings. The first-order chi connectivity index (χ1) is 13.1. The second kappa shape index (κ2) is 8.48. The summed E-state index contributed by atoms with van der Waals surface area (Å²) in [5, 5.41) is 12.7. The lowest BCUT2D eigenvalue weighted by molar-refractivity contribution is -0.750. The van der Waals surface area contributed by atoms with Crippen LogP contribution in [0.2, 0.25) is 0 Å². The molecule has 0 saturated heterocycles. The second-order valence-electron chi connectivity index (χ2n) is 6.48. The second-order valence-corrected chi connectivity index (χ2v) is 6.48. The number of likely N-dealkylation sites (N-methyl/N-ethyl adjacent to an activating group) is 1. The van der Waals surface area contributed by atoms with Crippen molar-refractivity contribution in [2.45, 2.75) is 19.0 Å². The first kappa shape index (κ1) is 18.6. The number of urea groups is 1. The van der Waals surface area contributed by atoms with Crippen molar-refractivity contribution in [2.75, 3.05) is 20.1 Å². The molecule has 1 atom stereocenters. The Bertz CT molecular complexity index is 834. The van der Waals surface area contributed by atoms with Crippen LogP contribution in [-0.2, 0) is 6.54 Å². The molecule has 1 unspecified atom stereocenters. The number of amides is 2. The molecule has 0 spiro atoms. The highest BCUT2D eigenvalue weighted by atomic mass is 19.1. The topological polar surface area (TPSA) is 76.3 Å². The molecule has 1 aliphatic rings. The summed E-state index contributed by atoms with van der Waals surface area (Å²) in [7, 11) is 1.75. The maximum absolute atomic E-state index is 13.0. The van der Waals surface area contributed by atoms with Crippen molar-refractivity contribution in [1.82, 2.24) is 19.9 Å². The van der Waals surface area contributed by atoms with Crippen molar-refractivity contribution in [2.24, 2.45) is 0 Å². The molecule has 142 valence electrons. The van der Waals surface area contributed by atoms with Crippen molar-refractivity contribution < 1.29 is 19.0 Å². The van der Waals surface area contributed by atoms with Crippen LogP contribution in [0.25, 0.3) is 0 Å². The van der Waals surface area contributed by atoms with Gasteiger partial charge >= 0.3 is 12.4 Å². The number of allylic oxidation sites excluding steroid dienone is 1. The van der Waals surface area contributed by atoms with Crippen molar-refractivity contribution in [3.05, 3.63) is 66.5 Å². The molecule has 0 saturated carbocycles. The Morgan fingerprint density at radius 2 is 2.41 bits per heavy atom. The van der Waals surface area contributed by atoms with Gasteiger partial charge in [0.2, 0.25) is 6.33 Å². The van der Waals surface area contributed by atoms with E-state index < -0.39 is 0 Å². The summed E-state index contributed by atoms with van der Waals surface area (Å²) >= 11 is 0. The van der Waals surface area contributed by atoms with Crippen LogP contribution in [0.1, 0.15) is 18.0 Å². The van der Waals surface area contributed by atoms with Gasteiger partial charge in [-0.15, -0.1) is 0 Å². The summed E-state index contributed by atoms with van der Waals surface area (Å²) in [5.74, 6) is 0.148. The van der Waals surface area contributed by atoms with Crippen LogP contribution in [0.5, 0.6) is 5.75 Å². The van der Waals surface area contributed by atoms with Crippen molar-refractivity contribution in [1.29, 1.82) is 0 Å². The minimum absolute atomic E-state index is 0.126. The molecule has 0 bridgehead atoms. The number of carbonyl (C=O) groups excluding carboxylic acids is 1. The standard InChI is InChI=1S/C19H22FN5O2/c1-23(8-9-24-14-21-13-22-24)19(27)25-12-15(4-3-7-20)10-18(25)16-5-2-6-17(26)11-16/h2-3,5-7,10-11,13-14,18,26H,4,8-9,12H2,1H3/p+1/b7-3+. The summed E-state index contributed by atoms with van der Waals surface area (Å²) < 4.78 is 14.2. The monoisotopic (exact) mass is 372 g/mol. The largest absolute Gasteiger partial charge is 0.508 e. The van der Waals surface area contributed by atoms with Crippen LogP contribution in [0.4, 0.5) is 9.18 Å². The number of benzene rings is 1. The third-order valence-electron chi connectivity index (χ3n) is 4.54. The first-order valence-electron chi connectivity index (χ1n) is 8.71. The maximum atomic E-state index is 13.0. The van der Waals surface area contributed by atoms with E-state index >= 15 is 0 Å². The Balaban J connectivity index is 1.75. The molecule has 2 amide bonds. The molecule has 0 aliphatic carbocycles.